The summed E-state index contributed by atoms with van der Waals surface area (Å²) in [5.41, 5.74) is 0.865. The average molecular weight is 356 g/mol. The van der Waals surface area contributed by atoms with E-state index in [1.165, 1.54) is 6.07 Å². The van der Waals surface area contributed by atoms with E-state index in [1.54, 1.807) is 16.8 Å². The Kier molecular flexibility index (Phi) is 4.13. The highest BCUT2D eigenvalue weighted by atomic mass is 79.9. The first kappa shape index (κ1) is 15.6. The summed E-state index contributed by atoms with van der Waals surface area (Å²) >= 11 is 3.13. The molecule has 1 aromatic heterocycles. The number of aromatic nitrogens is 3. The van der Waals surface area contributed by atoms with E-state index in [0.717, 1.165) is 5.56 Å². The van der Waals surface area contributed by atoms with E-state index < -0.39 is 11.4 Å². The molecular formula is C14H15BrFN3O2. The Morgan fingerprint density at radius 3 is 2.62 bits per heavy atom. The van der Waals surface area contributed by atoms with Crippen molar-refractivity contribution >= 4 is 21.9 Å². The maximum absolute atomic E-state index is 13.3. The number of hydrogen-bond donors (Lipinski definition) is 1. The van der Waals surface area contributed by atoms with E-state index in [0.29, 0.717) is 16.7 Å². The topological polar surface area (TPSA) is 68.0 Å². The molecule has 5 nitrogen and oxygen atoms in total. The molecule has 21 heavy (non-hydrogen) atoms. The Morgan fingerprint density at radius 1 is 1.43 bits per heavy atom. The minimum Gasteiger partial charge on any atom is -0.476 e. The highest BCUT2D eigenvalue weighted by molar-refractivity contribution is 9.10. The fourth-order valence-corrected chi connectivity index (χ4v) is 2.55. The van der Waals surface area contributed by atoms with Crippen LogP contribution in [0.1, 0.15) is 42.5 Å². The van der Waals surface area contributed by atoms with Gasteiger partial charge in [-0.25, -0.2) is 13.9 Å². The number of carbonyl (C=O) groups is 1. The third kappa shape index (κ3) is 3.29. The van der Waals surface area contributed by atoms with Crippen LogP contribution in [-0.2, 0) is 12.0 Å². The second-order valence-electron chi connectivity index (χ2n) is 5.75. The Balaban J connectivity index is 2.45. The third-order valence-electron chi connectivity index (χ3n) is 2.96. The number of halogens is 2. The molecule has 112 valence electrons. The summed E-state index contributed by atoms with van der Waals surface area (Å²) in [5, 5.41) is 16.9. The second-order valence-corrected chi connectivity index (χ2v) is 6.60. The van der Waals surface area contributed by atoms with Crippen LogP contribution in [-0.4, -0.2) is 26.1 Å². The standard InChI is InChI=1S/C14H15BrFN3O2/c1-14(2,3)12-11(13(20)21)17-18-19(12)7-8-4-5-10(16)9(15)6-8/h4-6H,7H2,1-3H3,(H,20,21). The van der Waals surface area contributed by atoms with Gasteiger partial charge in [-0.3, -0.25) is 0 Å². The smallest absolute Gasteiger partial charge is 0.358 e. The van der Waals surface area contributed by atoms with Crippen molar-refractivity contribution in [2.75, 3.05) is 0 Å². The highest BCUT2D eigenvalue weighted by Gasteiger charge is 2.28. The Morgan fingerprint density at radius 2 is 2.10 bits per heavy atom. The first-order chi connectivity index (χ1) is 9.70. The van der Waals surface area contributed by atoms with Crippen LogP contribution in [0.2, 0.25) is 0 Å². The molecule has 0 aliphatic rings. The minimum absolute atomic E-state index is 0.0522. The van der Waals surface area contributed by atoms with Gasteiger partial charge < -0.3 is 5.11 Å². The van der Waals surface area contributed by atoms with Gasteiger partial charge >= 0.3 is 5.97 Å². The molecule has 0 bridgehead atoms. The largest absolute Gasteiger partial charge is 0.476 e. The van der Waals surface area contributed by atoms with Gasteiger partial charge in [0.05, 0.1) is 16.7 Å². The van der Waals surface area contributed by atoms with Gasteiger partial charge in [0.25, 0.3) is 0 Å². The van der Waals surface area contributed by atoms with Gasteiger partial charge in [0, 0.05) is 5.41 Å². The molecule has 2 rings (SSSR count). The van der Waals surface area contributed by atoms with Crippen LogP contribution in [0.5, 0.6) is 0 Å². The van der Waals surface area contributed by atoms with Crippen molar-refractivity contribution in [1.82, 2.24) is 15.0 Å². The number of hydrogen-bond acceptors (Lipinski definition) is 3. The molecule has 0 radical (unpaired) electrons. The van der Waals surface area contributed by atoms with Crippen molar-refractivity contribution in [2.24, 2.45) is 0 Å². The molecule has 0 atom stereocenters. The zero-order valence-corrected chi connectivity index (χ0v) is 13.5. The molecule has 0 unspecified atom stereocenters. The van der Waals surface area contributed by atoms with E-state index in [1.807, 2.05) is 20.8 Å². The van der Waals surface area contributed by atoms with Crippen LogP contribution in [0.3, 0.4) is 0 Å². The van der Waals surface area contributed by atoms with Crippen molar-refractivity contribution in [2.45, 2.75) is 32.7 Å². The van der Waals surface area contributed by atoms with E-state index in [-0.39, 0.29) is 11.5 Å². The molecule has 2 aromatic rings. The quantitative estimate of drug-likeness (QED) is 0.917. The monoisotopic (exact) mass is 355 g/mol. The number of carboxylic acids is 1. The normalized spacial score (nSPS) is 11.7. The summed E-state index contributed by atoms with van der Waals surface area (Å²) in [7, 11) is 0. The minimum atomic E-state index is -1.11. The van der Waals surface area contributed by atoms with Crippen LogP contribution in [0.4, 0.5) is 4.39 Å². The molecular weight excluding hydrogens is 341 g/mol. The average Bonchev–Trinajstić information content (AvgIpc) is 2.77. The fourth-order valence-electron chi connectivity index (χ4n) is 2.12. The predicted octanol–water partition coefficient (Wildman–Crippen LogP) is 3.22. The molecule has 0 spiro atoms. The van der Waals surface area contributed by atoms with Crippen LogP contribution in [0.15, 0.2) is 22.7 Å². The molecule has 1 N–H and O–H groups in total. The van der Waals surface area contributed by atoms with Crippen LogP contribution in [0.25, 0.3) is 0 Å². The second kappa shape index (κ2) is 5.55. The number of nitrogens with zero attached hydrogens (tertiary/aromatic N) is 3. The number of benzene rings is 1. The van der Waals surface area contributed by atoms with Gasteiger partial charge in [-0.1, -0.05) is 32.1 Å². The molecule has 0 amide bonds. The Labute approximate surface area is 129 Å². The van der Waals surface area contributed by atoms with Gasteiger partial charge in [-0.05, 0) is 33.6 Å². The van der Waals surface area contributed by atoms with Crippen molar-refractivity contribution in [1.29, 1.82) is 0 Å². The summed E-state index contributed by atoms with van der Waals surface area (Å²) in [6.07, 6.45) is 0. The van der Waals surface area contributed by atoms with Crippen molar-refractivity contribution < 1.29 is 14.3 Å². The van der Waals surface area contributed by atoms with E-state index in [4.69, 9.17) is 0 Å². The number of aromatic carboxylic acids is 1. The molecule has 1 aromatic carbocycles. The SMILES string of the molecule is CC(C)(C)c1c(C(=O)O)nnn1Cc1ccc(F)c(Br)c1. The fraction of sp³-hybridized carbons (Fsp3) is 0.357. The predicted molar refractivity (Wildman–Crippen MR) is 78.9 cm³/mol. The first-order valence-electron chi connectivity index (χ1n) is 6.31. The summed E-state index contributed by atoms with van der Waals surface area (Å²) in [6, 6.07) is 4.63. The molecule has 0 aliphatic carbocycles. The van der Waals surface area contributed by atoms with Gasteiger partial charge in [-0.15, -0.1) is 5.10 Å². The van der Waals surface area contributed by atoms with Crippen LogP contribution < -0.4 is 0 Å². The van der Waals surface area contributed by atoms with E-state index >= 15 is 0 Å². The Bertz CT molecular complexity index is 692. The molecule has 0 aliphatic heterocycles. The van der Waals surface area contributed by atoms with Crippen molar-refractivity contribution in [3.05, 3.63) is 45.4 Å². The summed E-state index contributed by atoms with van der Waals surface area (Å²) in [6.45, 7) is 6.02. The van der Waals surface area contributed by atoms with E-state index in [9.17, 15) is 14.3 Å². The maximum atomic E-state index is 13.3. The maximum Gasteiger partial charge on any atom is 0.358 e. The summed E-state index contributed by atoms with van der Waals surface area (Å²) in [5.74, 6) is -1.45. The molecule has 7 heteroatoms. The molecule has 0 saturated carbocycles. The molecule has 1 heterocycles. The van der Waals surface area contributed by atoms with E-state index in [2.05, 4.69) is 26.2 Å². The van der Waals surface area contributed by atoms with Crippen molar-refractivity contribution in [3.8, 4) is 0 Å². The lowest BCUT2D eigenvalue weighted by molar-refractivity contribution is 0.0687. The van der Waals surface area contributed by atoms with Crippen LogP contribution in [0, 0.1) is 5.82 Å². The van der Waals surface area contributed by atoms with Gasteiger partial charge in [0.2, 0.25) is 0 Å². The van der Waals surface area contributed by atoms with Crippen molar-refractivity contribution in [3.63, 3.8) is 0 Å². The first-order valence-corrected chi connectivity index (χ1v) is 7.10. The lowest BCUT2D eigenvalue weighted by Crippen LogP contribution is -2.22. The number of carboxylic acid groups (broad SMARTS) is 1. The zero-order chi connectivity index (χ0) is 15.8. The zero-order valence-electron chi connectivity index (χ0n) is 11.9. The van der Waals surface area contributed by atoms with Crippen LogP contribution >= 0.6 is 15.9 Å². The lowest BCUT2D eigenvalue weighted by atomic mass is 9.90. The Hall–Kier alpha value is -1.76. The summed E-state index contributed by atoms with van der Waals surface area (Å²) in [4.78, 5) is 11.3. The molecule has 0 saturated heterocycles. The third-order valence-corrected chi connectivity index (χ3v) is 3.57. The summed E-state index contributed by atoms with van der Waals surface area (Å²) < 4.78 is 15.2. The van der Waals surface area contributed by atoms with Gasteiger partial charge in [0.15, 0.2) is 5.69 Å². The number of rotatable bonds is 3. The lowest BCUT2D eigenvalue weighted by Gasteiger charge is -2.20. The van der Waals surface area contributed by atoms with Gasteiger partial charge in [0.1, 0.15) is 5.82 Å². The highest BCUT2D eigenvalue weighted by Crippen LogP contribution is 2.26. The van der Waals surface area contributed by atoms with Gasteiger partial charge in [-0.2, -0.15) is 0 Å². The molecule has 0 fully saturated rings.